The van der Waals surface area contributed by atoms with Crippen molar-refractivity contribution in [3.05, 3.63) is 65.2 Å². The minimum Gasteiger partial charge on any atom is -0.486 e. The average Bonchev–Trinajstić information content (AvgIpc) is 2.45. The molecular weight excluding hydrogens is 276 g/mol. The highest BCUT2D eigenvalue weighted by Gasteiger charge is 2.14. The third-order valence-corrected chi connectivity index (χ3v) is 3.02. The number of aliphatic hydroxyl groups is 1. The van der Waals surface area contributed by atoms with Crippen LogP contribution in [-0.4, -0.2) is 11.3 Å². The van der Waals surface area contributed by atoms with Crippen molar-refractivity contribution in [2.75, 3.05) is 0 Å². The molecule has 0 aliphatic rings. The fourth-order valence-corrected chi connectivity index (χ4v) is 1.99. The zero-order valence-electron chi connectivity index (χ0n) is 11.4. The molecule has 1 atom stereocenters. The van der Waals surface area contributed by atoms with E-state index >= 15 is 0 Å². The molecule has 2 rings (SSSR count). The smallest absolute Gasteiger partial charge is 0.168 e. The van der Waals surface area contributed by atoms with Gasteiger partial charge >= 0.3 is 0 Å². The first-order chi connectivity index (χ1) is 10.1. The van der Waals surface area contributed by atoms with Crippen molar-refractivity contribution in [1.82, 2.24) is 0 Å². The predicted molar refractivity (Wildman–Crippen MR) is 75.6 cm³/mol. The monoisotopic (exact) mass is 293 g/mol. The Labute approximate surface area is 122 Å². The number of rotatable bonds is 6. The molecule has 5 heteroatoms. The van der Waals surface area contributed by atoms with E-state index in [1.54, 1.807) is 0 Å². The van der Waals surface area contributed by atoms with Crippen molar-refractivity contribution in [3.8, 4) is 5.75 Å². The molecule has 0 saturated carbocycles. The Kier molecular flexibility index (Phi) is 5.25. The number of nitrogens with two attached hydrogens (primary N) is 1. The van der Waals surface area contributed by atoms with E-state index in [0.29, 0.717) is 5.56 Å². The summed E-state index contributed by atoms with van der Waals surface area (Å²) in [7, 11) is 0. The molecule has 112 valence electrons. The Hall–Kier alpha value is -1.98. The van der Waals surface area contributed by atoms with E-state index in [-0.39, 0.29) is 25.2 Å². The molecule has 0 saturated heterocycles. The molecule has 0 unspecified atom stereocenters. The minimum absolute atomic E-state index is 0.000836. The van der Waals surface area contributed by atoms with Gasteiger partial charge in [0, 0.05) is 11.6 Å². The maximum Gasteiger partial charge on any atom is 0.168 e. The highest BCUT2D eigenvalue weighted by molar-refractivity contribution is 5.36. The third-order valence-electron chi connectivity index (χ3n) is 3.02. The lowest BCUT2D eigenvalue weighted by Gasteiger charge is -2.13. The van der Waals surface area contributed by atoms with Crippen molar-refractivity contribution in [3.63, 3.8) is 0 Å². The van der Waals surface area contributed by atoms with Gasteiger partial charge < -0.3 is 15.6 Å². The average molecular weight is 293 g/mol. The summed E-state index contributed by atoms with van der Waals surface area (Å²) in [4.78, 5) is 0. The van der Waals surface area contributed by atoms with E-state index < -0.39 is 17.9 Å². The summed E-state index contributed by atoms with van der Waals surface area (Å²) in [6, 6.07) is 11.3. The van der Waals surface area contributed by atoms with Crippen LogP contribution in [0.2, 0.25) is 0 Å². The Balaban J connectivity index is 2.16. The van der Waals surface area contributed by atoms with Crippen LogP contribution in [0.5, 0.6) is 5.75 Å². The maximum atomic E-state index is 13.9. The molecule has 0 amide bonds. The van der Waals surface area contributed by atoms with Gasteiger partial charge in [-0.15, -0.1) is 0 Å². The summed E-state index contributed by atoms with van der Waals surface area (Å²) < 4.78 is 32.7. The first-order valence-electron chi connectivity index (χ1n) is 6.64. The van der Waals surface area contributed by atoms with Crippen LogP contribution in [0.1, 0.15) is 17.5 Å². The molecule has 2 aromatic rings. The predicted octanol–water partition coefficient (Wildman–Crippen LogP) is 2.75. The largest absolute Gasteiger partial charge is 0.486 e. The lowest BCUT2D eigenvalue weighted by Crippen LogP contribution is -2.19. The number of halogens is 2. The van der Waals surface area contributed by atoms with Crippen LogP contribution in [-0.2, 0) is 13.0 Å². The molecule has 0 bridgehead atoms. The van der Waals surface area contributed by atoms with Gasteiger partial charge in [0.2, 0.25) is 0 Å². The van der Waals surface area contributed by atoms with Crippen LogP contribution in [0, 0.1) is 11.6 Å². The normalized spacial score (nSPS) is 12.2. The molecule has 0 aromatic heterocycles. The van der Waals surface area contributed by atoms with Crippen molar-refractivity contribution in [2.45, 2.75) is 25.7 Å². The minimum atomic E-state index is -1.03. The Bertz CT molecular complexity index is 588. The van der Waals surface area contributed by atoms with Gasteiger partial charge in [0.1, 0.15) is 18.7 Å². The van der Waals surface area contributed by atoms with Crippen molar-refractivity contribution in [2.24, 2.45) is 5.73 Å². The fourth-order valence-electron chi connectivity index (χ4n) is 1.99. The summed E-state index contributed by atoms with van der Waals surface area (Å²) in [5.41, 5.74) is 6.49. The molecular formula is C16H17F2NO2. The van der Waals surface area contributed by atoms with E-state index in [1.807, 2.05) is 30.3 Å². The second-order valence-electron chi connectivity index (χ2n) is 4.76. The van der Waals surface area contributed by atoms with E-state index in [1.165, 1.54) is 6.07 Å². The van der Waals surface area contributed by atoms with E-state index in [0.717, 1.165) is 11.6 Å². The van der Waals surface area contributed by atoms with Crippen LogP contribution >= 0.6 is 0 Å². The number of hydrogen-bond donors (Lipinski definition) is 2. The third kappa shape index (κ3) is 4.51. The highest BCUT2D eigenvalue weighted by atomic mass is 19.1. The summed E-state index contributed by atoms with van der Waals surface area (Å²) in [6.07, 6.45) is -0.598. The van der Waals surface area contributed by atoms with Gasteiger partial charge in [-0.05, 0) is 24.5 Å². The van der Waals surface area contributed by atoms with Gasteiger partial charge in [0.15, 0.2) is 11.6 Å². The van der Waals surface area contributed by atoms with Crippen molar-refractivity contribution < 1.29 is 18.6 Å². The van der Waals surface area contributed by atoms with E-state index in [9.17, 15) is 8.78 Å². The fraction of sp³-hybridized carbons (Fsp3) is 0.250. The zero-order valence-corrected chi connectivity index (χ0v) is 11.4. The van der Waals surface area contributed by atoms with Gasteiger partial charge in [0.05, 0.1) is 0 Å². The number of benzene rings is 2. The number of hydrogen-bond acceptors (Lipinski definition) is 3. The van der Waals surface area contributed by atoms with Crippen LogP contribution in [0.3, 0.4) is 0 Å². The second kappa shape index (κ2) is 7.15. The molecule has 0 radical (unpaired) electrons. The van der Waals surface area contributed by atoms with Gasteiger partial charge in [-0.3, -0.25) is 0 Å². The Morgan fingerprint density at radius 2 is 1.86 bits per heavy atom. The Morgan fingerprint density at radius 1 is 1.14 bits per heavy atom. The van der Waals surface area contributed by atoms with Crippen molar-refractivity contribution >= 4 is 0 Å². The zero-order chi connectivity index (χ0) is 15.2. The summed E-state index contributed by atoms with van der Waals surface area (Å²) in [5.74, 6) is -1.44. The first kappa shape index (κ1) is 15.4. The highest BCUT2D eigenvalue weighted by Crippen LogP contribution is 2.26. The molecule has 0 fully saturated rings. The second-order valence-corrected chi connectivity index (χ2v) is 4.76. The molecule has 0 heterocycles. The Morgan fingerprint density at radius 3 is 2.52 bits per heavy atom. The lowest BCUT2D eigenvalue weighted by molar-refractivity contribution is 0.171. The summed E-state index contributed by atoms with van der Waals surface area (Å²) in [6.45, 7) is 0.182. The van der Waals surface area contributed by atoms with Gasteiger partial charge in [-0.2, -0.15) is 0 Å². The summed E-state index contributed by atoms with van der Waals surface area (Å²) >= 11 is 0. The molecule has 0 aliphatic heterocycles. The topological polar surface area (TPSA) is 55.5 Å². The van der Waals surface area contributed by atoms with Crippen LogP contribution in [0.4, 0.5) is 8.78 Å². The van der Waals surface area contributed by atoms with Crippen LogP contribution in [0.15, 0.2) is 42.5 Å². The van der Waals surface area contributed by atoms with Gasteiger partial charge in [-0.1, -0.05) is 30.3 Å². The number of aryl methyl sites for hydroxylation is 1. The van der Waals surface area contributed by atoms with Crippen LogP contribution < -0.4 is 10.5 Å². The van der Waals surface area contributed by atoms with E-state index in [2.05, 4.69) is 0 Å². The lowest BCUT2D eigenvalue weighted by atomic mass is 10.1. The van der Waals surface area contributed by atoms with Gasteiger partial charge in [0.25, 0.3) is 0 Å². The molecule has 21 heavy (non-hydrogen) atoms. The SMILES string of the molecule is N[C@H](O)CCc1cc(F)cc(F)c1OCc1ccccc1. The quantitative estimate of drug-likeness (QED) is 0.805. The van der Waals surface area contributed by atoms with Crippen molar-refractivity contribution in [1.29, 1.82) is 0 Å². The first-order valence-corrected chi connectivity index (χ1v) is 6.64. The van der Waals surface area contributed by atoms with E-state index in [4.69, 9.17) is 15.6 Å². The molecule has 0 spiro atoms. The standard InChI is InChI=1S/C16H17F2NO2/c17-13-8-12(6-7-15(19)20)16(14(18)9-13)21-10-11-4-2-1-3-5-11/h1-5,8-9,15,20H,6-7,10,19H2/t15-/m1/s1. The number of aliphatic hydroxyl groups excluding tert-OH is 1. The summed E-state index contributed by atoms with van der Waals surface area (Å²) in [5, 5.41) is 9.10. The van der Waals surface area contributed by atoms with Gasteiger partial charge in [-0.25, -0.2) is 8.78 Å². The molecule has 3 N–H and O–H groups in total. The maximum absolute atomic E-state index is 13.9. The number of ether oxygens (including phenoxy) is 1. The van der Waals surface area contributed by atoms with Crippen LogP contribution in [0.25, 0.3) is 0 Å². The molecule has 0 aliphatic carbocycles. The molecule has 3 nitrogen and oxygen atoms in total. The molecule has 2 aromatic carbocycles.